The van der Waals surface area contributed by atoms with E-state index in [0.29, 0.717) is 13.2 Å². The average Bonchev–Trinajstić information content (AvgIpc) is 3.29. The molecular formula is C24H29N5O2. The van der Waals surface area contributed by atoms with Gasteiger partial charge in [0.05, 0.1) is 38.2 Å². The van der Waals surface area contributed by atoms with Crippen molar-refractivity contribution < 1.29 is 9.47 Å². The number of ether oxygens (including phenoxy) is 2. The summed E-state index contributed by atoms with van der Waals surface area (Å²) in [5, 5.41) is 8.13. The van der Waals surface area contributed by atoms with Gasteiger partial charge in [-0.2, -0.15) is 5.10 Å². The second-order valence-electron chi connectivity index (χ2n) is 7.51. The maximum absolute atomic E-state index is 6.05. The van der Waals surface area contributed by atoms with Gasteiger partial charge in [0.25, 0.3) is 0 Å². The van der Waals surface area contributed by atoms with E-state index in [1.54, 1.807) is 7.11 Å². The number of nitrogens with one attached hydrogen (secondary N) is 1. The Morgan fingerprint density at radius 1 is 1.19 bits per heavy atom. The van der Waals surface area contributed by atoms with Crippen LogP contribution in [0.5, 0.6) is 5.75 Å². The van der Waals surface area contributed by atoms with E-state index in [1.807, 2.05) is 48.3 Å². The zero-order chi connectivity index (χ0) is 21.6. The highest BCUT2D eigenvalue weighted by molar-refractivity contribution is 5.80. The minimum Gasteiger partial charge on any atom is -0.497 e. The first kappa shape index (κ1) is 20.9. The number of hydrogen-bond acceptors (Lipinski definition) is 4. The molecule has 1 aromatic heterocycles. The van der Waals surface area contributed by atoms with Crippen LogP contribution in [0.3, 0.4) is 0 Å². The Labute approximate surface area is 183 Å². The minimum absolute atomic E-state index is 0.0442. The molecule has 4 rings (SSSR count). The predicted octanol–water partition coefficient (Wildman–Crippen LogP) is 3.34. The molecule has 2 aromatic carbocycles. The van der Waals surface area contributed by atoms with E-state index in [0.717, 1.165) is 36.2 Å². The first-order valence-corrected chi connectivity index (χ1v) is 10.5. The third-order valence-corrected chi connectivity index (χ3v) is 5.52. The van der Waals surface area contributed by atoms with E-state index in [1.165, 1.54) is 11.1 Å². The lowest BCUT2D eigenvalue weighted by atomic mass is 10.0. The Hall–Kier alpha value is -3.32. The van der Waals surface area contributed by atoms with Crippen LogP contribution in [0.2, 0.25) is 0 Å². The summed E-state index contributed by atoms with van der Waals surface area (Å²) < 4.78 is 13.1. The summed E-state index contributed by atoms with van der Waals surface area (Å²) in [5.41, 5.74) is 4.42. The lowest BCUT2D eigenvalue weighted by Gasteiger charge is -2.35. The van der Waals surface area contributed by atoms with Crippen LogP contribution in [0.1, 0.15) is 22.9 Å². The molecular weight excluding hydrogens is 390 g/mol. The first-order valence-electron chi connectivity index (χ1n) is 10.5. The van der Waals surface area contributed by atoms with Crippen molar-refractivity contribution in [2.75, 3.05) is 33.9 Å². The van der Waals surface area contributed by atoms with Crippen molar-refractivity contribution in [2.24, 2.45) is 4.99 Å². The Kier molecular flexibility index (Phi) is 6.52. The van der Waals surface area contributed by atoms with Crippen molar-refractivity contribution in [1.82, 2.24) is 20.0 Å². The van der Waals surface area contributed by atoms with Crippen molar-refractivity contribution in [2.45, 2.75) is 19.6 Å². The normalized spacial score (nSPS) is 16.9. The van der Waals surface area contributed by atoms with E-state index < -0.39 is 0 Å². The standard InChI is InChI=1S/C24H29N5O2/c1-18-6-4-5-7-22(18)23-17-28(14-15-31-23)24(25-2)26-16-19-12-13-29(27-19)20-8-10-21(30-3)11-9-20/h4-13,23H,14-17H2,1-3H3,(H,25,26). The molecule has 1 fully saturated rings. The van der Waals surface area contributed by atoms with Crippen LogP contribution in [0.4, 0.5) is 0 Å². The van der Waals surface area contributed by atoms with Gasteiger partial charge in [-0.1, -0.05) is 24.3 Å². The molecule has 2 heterocycles. The molecule has 0 saturated carbocycles. The Balaban J connectivity index is 1.38. The topological polar surface area (TPSA) is 63.9 Å². The van der Waals surface area contributed by atoms with Gasteiger partial charge in [0, 0.05) is 19.8 Å². The summed E-state index contributed by atoms with van der Waals surface area (Å²) >= 11 is 0. The van der Waals surface area contributed by atoms with Gasteiger partial charge in [0.1, 0.15) is 11.9 Å². The molecule has 3 aromatic rings. The summed E-state index contributed by atoms with van der Waals surface area (Å²) in [5.74, 6) is 1.69. The Morgan fingerprint density at radius 3 is 2.74 bits per heavy atom. The van der Waals surface area contributed by atoms with Gasteiger partial charge in [-0.25, -0.2) is 4.68 Å². The number of hydrogen-bond donors (Lipinski definition) is 1. The van der Waals surface area contributed by atoms with Crippen molar-refractivity contribution in [1.29, 1.82) is 0 Å². The molecule has 1 atom stereocenters. The molecule has 0 amide bonds. The number of nitrogens with zero attached hydrogens (tertiary/aromatic N) is 4. The van der Waals surface area contributed by atoms with Crippen molar-refractivity contribution in [3.05, 3.63) is 77.6 Å². The highest BCUT2D eigenvalue weighted by Gasteiger charge is 2.25. The van der Waals surface area contributed by atoms with Gasteiger partial charge in [-0.15, -0.1) is 0 Å². The second-order valence-corrected chi connectivity index (χ2v) is 7.51. The molecule has 0 radical (unpaired) electrons. The lowest BCUT2D eigenvalue weighted by molar-refractivity contribution is -0.00834. The third kappa shape index (κ3) is 4.88. The van der Waals surface area contributed by atoms with Crippen LogP contribution >= 0.6 is 0 Å². The quantitative estimate of drug-likeness (QED) is 0.508. The molecule has 1 N–H and O–H groups in total. The largest absolute Gasteiger partial charge is 0.497 e. The molecule has 0 aliphatic carbocycles. The van der Waals surface area contributed by atoms with Crippen LogP contribution in [0.25, 0.3) is 5.69 Å². The molecule has 1 aliphatic rings. The number of aryl methyl sites for hydroxylation is 1. The smallest absolute Gasteiger partial charge is 0.194 e. The summed E-state index contributed by atoms with van der Waals surface area (Å²) in [7, 11) is 3.48. The number of aromatic nitrogens is 2. The summed E-state index contributed by atoms with van der Waals surface area (Å²) in [6.45, 7) is 4.98. The number of methoxy groups -OCH3 is 1. The van der Waals surface area contributed by atoms with E-state index in [-0.39, 0.29) is 6.10 Å². The molecule has 1 aliphatic heterocycles. The molecule has 162 valence electrons. The van der Waals surface area contributed by atoms with Crippen LogP contribution in [-0.2, 0) is 11.3 Å². The molecule has 31 heavy (non-hydrogen) atoms. The van der Waals surface area contributed by atoms with Gasteiger partial charge >= 0.3 is 0 Å². The zero-order valence-corrected chi connectivity index (χ0v) is 18.3. The molecule has 7 nitrogen and oxygen atoms in total. The minimum atomic E-state index is 0.0442. The maximum Gasteiger partial charge on any atom is 0.194 e. The summed E-state index contributed by atoms with van der Waals surface area (Å²) in [6, 6.07) is 18.3. The summed E-state index contributed by atoms with van der Waals surface area (Å²) in [4.78, 5) is 6.74. The van der Waals surface area contributed by atoms with Crippen molar-refractivity contribution in [3.8, 4) is 11.4 Å². The number of rotatable bonds is 5. The number of benzene rings is 2. The number of aliphatic imine (C=N–C) groups is 1. The van der Waals surface area contributed by atoms with Gasteiger partial charge in [0.2, 0.25) is 0 Å². The van der Waals surface area contributed by atoms with Crippen LogP contribution < -0.4 is 10.1 Å². The van der Waals surface area contributed by atoms with Crippen LogP contribution in [0, 0.1) is 6.92 Å². The summed E-state index contributed by atoms with van der Waals surface area (Å²) in [6.07, 6.45) is 2.01. The van der Waals surface area contributed by atoms with Gasteiger partial charge in [-0.05, 0) is 48.4 Å². The predicted molar refractivity (Wildman–Crippen MR) is 122 cm³/mol. The third-order valence-electron chi connectivity index (χ3n) is 5.52. The lowest BCUT2D eigenvalue weighted by Crippen LogP contribution is -2.48. The SMILES string of the molecule is CN=C(NCc1ccn(-c2ccc(OC)cc2)n1)N1CCOC(c2ccccc2C)C1. The van der Waals surface area contributed by atoms with Gasteiger partial charge < -0.3 is 19.7 Å². The van der Waals surface area contributed by atoms with Crippen molar-refractivity contribution in [3.63, 3.8) is 0 Å². The van der Waals surface area contributed by atoms with Gasteiger partial charge in [-0.3, -0.25) is 4.99 Å². The highest BCUT2D eigenvalue weighted by Crippen LogP contribution is 2.25. The van der Waals surface area contributed by atoms with E-state index in [9.17, 15) is 0 Å². The Morgan fingerprint density at radius 2 is 2.00 bits per heavy atom. The van der Waals surface area contributed by atoms with Gasteiger partial charge in [0.15, 0.2) is 5.96 Å². The number of morpholine rings is 1. The van der Waals surface area contributed by atoms with E-state index in [4.69, 9.17) is 9.47 Å². The van der Waals surface area contributed by atoms with Crippen LogP contribution in [0.15, 0.2) is 65.8 Å². The fourth-order valence-electron chi connectivity index (χ4n) is 3.81. The molecule has 0 bridgehead atoms. The fraction of sp³-hybridized carbons (Fsp3) is 0.333. The fourth-order valence-corrected chi connectivity index (χ4v) is 3.81. The molecule has 7 heteroatoms. The van der Waals surface area contributed by atoms with E-state index in [2.05, 4.69) is 51.5 Å². The second kappa shape index (κ2) is 9.66. The molecule has 1 unspecified atom stereocenters. The van der Waals surface area contributed by atoms with Crippen LogP contribution in [-0.4, -0.2) is 54.5 Å². The highest BCUT2D eigenvalue weighted by atomic mass is 16.5. The zero-order valence-electron chi connectivity index (χ0n) is 18.3. The molecule has 1 saturated heterocycles. The Bertz CT molecular complexity index is 1030. The average molecular weight is 420 g/mol. The maximum atomic E-state index is 6.05. The first-order chi connectivity index (χ1) is 15.2. The monoisotopic (exact) mass is 419 g/mol. The number of guanidine groups is 1. The van der Waals surface area contributed by atoms with Crippen molar-refractivity contribution >= 4 is 5.96 Å². The van der Waals surface area contributed by atoms with E-state index >= 15 is 0 Å². The molecule has 0 spiro atoms.